The topological polar surface area (TPSA) is 75.9 Å². The van der Waals surface area contributed by atoms with Crippen LogP contribution in [0.5, 0.6) is 0 Å². The summed E-state index contributed by atoms with van der Waals surface area (Å²) in [5.74, 6) is 0. The van der Waals surface area contributed by atoms with Crippen LogP contribution in [0.15, 0.2) is 0 Å². The minimum absolute atomic E-state index is 0.233. The Morgan fingerprint density at radius 3 is 2.94 bits per heavy atom. The molecular formula is C8H15N5S3. The Labute approximate surface area is 110 Å². The highest BCUT2D eigenvalue weighted by atomic mass is 32.1. The highest BCUT2D eigenvalue weighted by Crippen LogP contribution is 2.14. The minimum atomic E-state index is 0.233. The molecule has 0 aliphatic heterocycles. The van der Waals surface area contributed by atoms with E-state index in [1.807, 2.05) is 0 Å². The van der Waals surface area contributed by atoms with Crippen molar-refractivity contribution < 1.29 is 0 Å². The Hall–Kier alpha value is -0.600. The first-order valence-corrected chi connectivity index (χ1v) is 6.57. The van der Waals surface area contributed by atoms with Crippen LogP contribution in [0.25, 0.3) is 0 Å². The molecule has 8 heteroatoms. The highest BCUT2D eigenvalue weighted by Gasteiger charge is 2.07. The summed E-state index contributed by atoms with van der Waals surface area (Å²) in [4.78, 5) is 0. The van der Waals surface area contributed by atoms with Crippen molar-refractivity contribution in [1.29, 1.82) is 0 Å². The summed E-state index contributed by atoms with van der Waals surface area (Å²) in [6.07, 6.45) is 1.76. The molecule has 1 unspecified atom stereocenters. The van der Waals surface area contributed by atoms with Crippen LogP contribution < -0.4 is 16.4 Å². The average molecular weight is 277 g/mol. The second-order valence-electron chi connectivity index (χ2n) is 3.19. The Kier molecular flexibility index (Phi) is 5.78. The smallest absolute Gasteiger partial charge is 0.203 e. The zero-order chi connectivity index (χ0) is 12.0. The van der Waals surface area contributed by atoms with Crippen LogP contribution in [0.1, 0.15) is 11.4 Å². The third-order valence-electron chi connectivity index (χ3n) is 1.90. The summed E-state index contributed by atoms with van der Waals surface area (Å²) >= 11 is 10.8. The van der Waals surface area contributed by atoms with Gasteiger partial charge in [-0.05, 0) is 18.6 Å². The van der Waals surface area contributed by atoms with Gasteiger partial charge in [-0.3, -0.25) is 0 Å². The summed E-state index contributed by atoms with van der Waals surface area (Å²) in [6, 6.07) is 0. The number of nitrogens with zero attached hydrogens (tertiary/aromatic N) is 2. The molecule has 0 radical (unpaired) electrons. The van der Waals surface area contributed by atoms with E-state index in [0.717, 1.165) is 24.4 Å². The first-order valence-electron chi connectivity index (χ1n) is 4.83. The van der Waals surface area contributed by atoms with E-state index < -0.39 is 0 Å². The van der Waals surface area contributed by atoms with E-state index in [-0.39, 0.29) is 5.25 Å². The molecule has 0 amide bonds. The van der Waals surface area contributed by atoms with Crippen LogP contribution in [0, 0.1) is 0 Å². The Morgan fingerprint density at radius 2 is 2.38 bits per heavy atom. The molecule has 16 heavy (non-hydrogen) atoms. The average Bonchev–Trinajstić information content (AvgIpc) is 2.69. The van der Waals surface area contributed by atoms with Crippen LogP contribution in [-0.2, 0) is 6.42 Å². The Balaban J connectivity index is 2.19. The van der Waals surface area contributed by atoms with Gasteiger partial charge in [0.25, 0.3) is 0 Å². The molecule has 0 fully saturated rings. The van der Waals surface area contributed by atoms with E-state index in [1.54, 1.807) is 7.05 Å². The molecule has 1 aromatic heterocycles. The SMILES string of the molecule is CNC(=S)NCC(S)CCc1nnc(N)s1. The van der Waals surface area contributed by atoms with Crippen molar-refractivity contribution in [2.24, 2.45) is 0 Å². The number of nitrogen functional groups attached to an aromatic ring is 1. The van der Waals surface area contributed by atoms with Gasteiger partial charge >= 0.3 is 0 Å². The van der Waals surface area contributed by atoms with Crippen LogP contribution in [0.3, 0.4) is 0 Å². The van der Waals surface area contributed by atoms with Gasteiger partial charge in [-0.15, -0.1) is 10.2 Å². The number of hydrogen-bond donors (Lipinski definition) is 4. The summed E-state index contributed by atoms with van der Waals surface area (Å²) in [5.41, 5.74) is 5.49. The lowest BCUT2D eigenvalue weighted by Gasteiger charge is -2.12. The number of hydrogen-bond acceptors (Lipinski definition) is 6. The maximum absolute atomic E-state index is 5.49. The molecule has 0 saturated heterocycles. The van der Waals surface area contributed by atoms with E-state index in [1.165, 1.54) is 11.3 Å². The van der Waals surface area contributed by atoms with Gasteiger partial charge in [0.15, 0.2) is 5.11 Å². The maximum atomic E-state index is 5.49. The summed E-state index contributed by atoms with van der Waals surface area (Å²) in [5, 5.41) is 16.0. The second kappa shape index (κ2) is 6.87. The van der Waals surface area contributed by atoms with Crippen LogP contribution in [-0.4, -0.2) is 34.2 Å². The molecule has 0 aliphatic rings. The van der Waals surface area contributed by atoms with Crippen molar-refractivity contribution in [2.45, 2.75) is 18.1 Å². The predicted octanol–water partition coefficient (Wildman–Crippen LogP) is 0.445. The zero-order valence-corrected chi connectivity index (χ0v) is 11.5. The molecule has 0 aliphatic carbocycles. The first kappa shape index (κ1) is 13.5. The molecule has 1 heterocycles. The third kappa shape index (κ3) is 4.95. The lowest BCUT2D eigenvalue weighted by atomic mass is 10.2. The number of anilines is 1. The molecule has 90 valence electrons. The van der Waals surface area contributed by atoms with Gasteiger partial charge < -0.3 is 16.4 Å². The lowest BCUT2D eigenvalue weighted by Crippen LogP contribution is -2.36. The summed E-state index contributed by atoms with van der Waals surface area (Å²) in [6.45, 7) is 0.733. The Bertz CT molecular complexity index is 340. The fourth-order valence-corrected chi connectivity index (χ4v) is 1.99. The highest BCUT2D eigenvalue weighted by molar-refractivity contribution is 7.81. The van der Waals surface area contributed by atoms with Crippen molar-refractivity contribution in [3.63, 3.8) is 0 Å². The summed E-state index contributed by atoms with van der Waals surface area (Å²) in [7, 11) is 1.78. The lowest BCUT2D eigenvalue weighted by molar-refractivity contribution is 0.720. The van der Waals surface area contributed by atoms with Crippen LogP contribution in [0.4, 0.5) is 5.13 Å². The number of rotatable bonds is 5. The van der Waals surface area contributed by atoms with Gasteiger partial charge in [-0.25, -0.2) is 0 Å². The first-order chi connectivity index (χ1) is 7.61. The molecule has 0 bridgehead atoms. The molecule has 0 spiro atoms. The van der Waals surface area contributed by atoms with Crippen molar-refractivity contribution in [3.8, 4) is 0 Å². The predicted molar refractivity (Wildman–Crippen MR) is 75.1 cm³/mol. The molecule has 5 nitrogen and oxygen atoms in total. The number of aryl methyl sites for hydroxylation is 1. The maximum Gasteiger partial charge on any atom is 0.203 e. The number of aromatic nitrogens is 2. The van der Waals surface area contributed by atoms with Crippen molar-refractivity contribution >= 4 is 46.4 Å². The molecular weight excluding hydrogens is 262 g/mol. The number of thiol groups is 1. The second-order valence-corrected chi connectivity index (χ2v) is 5.42. The van der Waals surface area contributed by atoms with E-state index in [0.29, 0.717) is 10.2 Å². The number of thiocarbonyl (C=S) groups is 1. The molecule has 1 rings (SSSR count). The molecule has 1 atom stereocenters. The summed E-state index contributed by atoms with van der Waals surface area (Å²) < 4.78 is 0. The fourth-order valence-electron chi connectivity index (χ4n) is 1.06. The van der Waals surface area contributed by atoms with Gasteiger partial charge in [0, 0.05) is 25.3 Å². The van der Waals surface area contributed by atoms with Gasteiger partial charge in [0.1, 0.15) is 5.01 Å². The van der Waals surface area contributed by atoms with Gasteiger partial charge in [-0.2, -0.15) is 12.6 Å². The fraction of sp³-hybridized carbons (Fsp3) is 0.625. The van der Waals surface area contributed by atoms with E-state index in [2.05, 4.69) is 33.5 Å². The quantitative estimate of drug-likeness (QED) is 0.462. The number of nitrogens with two attached hydrogens (primary N) is 1. The van der Waals surface area contributed by atoms with Crippen LogP contribution >= 0.6 is 36.2 Å². The van der Waals surface area contributed by atoms with Gasteiger partial charge in [0.2, 0.25) is 5.13 Å². The monoisotopic (exact) mass is 277 g/mol. The number of nitrogens with one attached hydrogen (secondary N) is 2. The van der Waals surface area contributed by atoms with Crippen molar-refractivity contribution in [2.75, 3.05) is 19.3 Å². The largest absolute Gasteiger partial charge is 0.374 e. The zero-order valence-electron chi connectivity index (χ0n) is 8.93. The van der Waals surface area contributed by atoms with E-state index >= 15 is 0 Å². The van der Waals surface area contributed by atoms with Gasteiger partial charge in [0.05, 0.1) is 0 Å². The normalized spacial score (nSPS) is 12.1. The minimum Gasteiger partial charge on any atom is -0.374 e. The molecule has 1 aromatic rings. The van der Waals surface area contributed by atoms with Crippen LogP contribution in [0.2, 0.25) is 0 Å². The molecule has 4 N–H and O–H groups in total. The Morgan fingerprint density at radius 1 is 1.62 bits per heavy atom. The molecule has 0 saturated carbocycles. The van der Waals surface area contributed by atoms with E-state index in [9.17, 15) is 0 Å². The molecule has 0 aromatic carbocycles. The van der Waals surface area contributed by atoms with Gasteiger partial charge in [-0.1, -0.05) is 11.3 Å². The van der Waals surface area contributed by atoms with E-state index in [4.69, 9.17) is 18.0 Å². The van der Waals surface area contributed by atoms with Crippen molar-refractivity contribution in [3.05, 3.63) is 5.01 Å². The third-order valence-corrected chi connectivity index (χ3v) is 3.50. The van der Waals surface area contributed by atoms with Crippen molar-refractivity contribution in [1.82, 2.24) is 20.8 Å². The standard InChI is InChI=1S/C8H15N5S3/c1-10-8(15)11-4-5(14)2-3-6-12-13-7(9)16-6/h5,14H,2-4H2,1H3,(H2,9,13)(H2,10,11,15).